The molecule has 2 aromatic carbocycles. The highest BCUT2D eigenvalue weighted by Crippen LogP contribution is 2.29. The first-order valence-corrected chi connectivity index (χ1v) is 6.92. The Morgan fingerprint density at radius 2 is 1.71 bits per heavy atom. The molecule has 0 heterocycles. The van der Waals surface area contributed by atoms with E-state index in [1.54, 1.807) is 13.0 Å². The number of aryl methyl sites for hydroxylation is 1. The molecule has 1 nitrogen and oxygen atoms in total. The van der Waals surface area contributed by atoms with Crippen molar-refractivity contribution in [3.8, 4) is 0 Å². The first-order valence-electron chi connectivity index (χ1n) is 6.13. The number of rotatable bonds is 3. The van der Waals surface area contributed by atoms with E-state index >= 15 is 0 Å². The molecule has 0 saturated heterocycles. The predicted molar refractivity (Wildman–Crippen MR) is 77.6 cm³/mol. The fraction of sp³-hybridized carbons (Fsp3) is 0.200. The molecule has 0 bridgehead atoms. The lowest BCUT2D eigenvalue weighted by atomic mass is 10.1. The third-order valence-corrected chi connectivity index (χ3v) is 3.64. The molecular formula is C15H12BrF4N. The van der Waals surface area contributed by atoms with Gasteiger partial charge in [0.25, 0.3) is 0 Å². The molecule has 0 unspecified atom stereocenters. The summed E-state index contributed by atoms with van der Waals surface area (Å²) >= 11 is 3.10. The summed E-state index contributed by atoms with van der Waals surface area (Å²) in [5.41, 5.74) is 1.49. The van der Waals surface area contributed by atoms with Crippen molar-refractivity contribution in [1.82, 2.24) is 0 Å². The van der Waals surface area contributed by atoms with E-state index < -0.39 is 11.7 Å². The van der Waals surface area contributed by atoms with Gasteiger partial charge in [-0.1, -0.05) is 12.1 Å². The van der Waals surface area contributed by atoms with Crippen LogP contribution in [0.4, 0.5) is 23.2 Å². The highest BCUT2D eigenvalue weighted by atomic mass is 79.9. The fourth-order valence-electron chi connectivity index (χ4n) is 1.85. The molecule has 0 spiro atoms. The molecule has 0 aromatic heterocycles. The lowest BCUT2D eigenvalue weighted by Crippen LogP contribution is -2.06. The zero-order valence-electron chi connectivity index (χ0n) is 11.1. The number of hydrogen-bond donors (Lipinski definition) is 1. The summed E-state index contributed by atoms with van der Waals surface area (Å²) in [5, 5.41) is 3.08. The van der Waals surface area contributed by atoms with E-state index in [0.29, 0.717) is 16.6 Å². The molecule has 2 rings (SSSR count). The van der Waals surface area contributed by atoms with Crippen LogP contribution in [0.2, 0.25) is 0 Å². The molecule has 0 aliphatic carbocycles. The average molecular weight is 362 g/mol. The summed E-state index contributed by atoms with van der Waals surface area (Å²) in [6, 6.07) is 7.93. The molecule has 0 aliphatic heterocycles. The summed E-state index contributed by atoms with van der Waals surface area (Å²) in [5.74, 6) is -0.354. The van der Waals surface area contributed by atoms with Crippen molar-refractivity contribution in [2.75, 3.05) is 5.32 Å². The third kappa shape index (κ3) is 3.97. The number of alkyl halides is 3. The fourth-order valence-corrected chi connectivity index (χ4v) is 2.19. The number of hydrogen-bond acceptors (Lipinski definition) is 1. The molecule has 0 fully saturated rings. The molecule has 6 heteroatoms. The predicted octanol–water partition coefficient (Wildman–Crippen LogP) is 5.53. The summed E-state index contributed by atoms with van der Waals surface area (Å²) in [7, 11) is 0. The largest absolute Gasteiger partial charge is 0.416 e. The van der Waals surface area contributed by atoms with Crippen LogP contribution in [0.5, 0.6) is 0 Å². The maximum atomic E-state index is 13.3. The SMILES string of the molecule is Cc1cc(F)c(Br)cc1NCc1ccc(C(F)(F)F)cc1. The lowest BCUT2D eigenvalue weighted by Gasteiger charge is -2.12. The molecule has 0 radical (unpaired) electrons. The second-order valence-electron chi connectivity index (χ2n) is 4.63. The van der Waals surface area contributed by atoms with Crippen LogP contribution < -0.4 is 5.32 Å². The number of halogens is 5. The first-order chi connectivity index (χ1) is 9.77. The smallest absolute Gasteiger partial charge is 0.381 e. The minimum absolute atomic E-state index is 0.336. The van der Waals surface area contributed by atoms with Gasteiger partial charge in [0.2, 0.25) is 0 Å². The third-order valence-electron chi connectivity index (χ3n) is 3.03. The second-order valence-corrected chi connectivity index (χ2v) is 5.48. The quantitative estimate of drug-likeness (QED) is 0.709. The van der Waals surface area contributed by atoms with E-state index in [-0.39, 0.29) is 5.82 Å². The summed E-state index contributed by atoms with van der Waals surface area (Å²) < 4.78 is 51.0. The van der Waals surface area contributed by atoms with Gasteiger partial charge < -0.3 is 5.32 Å². The van der Waals surface area contributed by atoms with Crippen LogP contribution >= 0.6 is 15.9 Å². The number of anilines is 1. The Bertz CT molecular complexity index is 635. The van der Waals surface area contributed by atoms with Gasteiger partial charge in [-0.15, -0.1) is 0 Å². The van der Waals surface area contributed by atoms with Gasteiger partial charge in [-0.2, -0.15) is 13.2 Å². The molecule has 0 atom stereocenters. The van der Waals surface area contributed by atoms with Crippen LogP contribution in [-0.4, -0.2) is 0 Å². The van der Waals surface area contributed by atoms with Crippen LogP contribution in [0.25, 0.3) is 0 Å². The Morgan fingerprint density at radius 3 is 2.29 bits per heavy atom. The molecule has 0 saturated carbocycles. The van der Waals surface area contributed by atoms with E-state index in [4.69, 9.17) is 0 Å². The second kappa shape index (κ2) is 6.05. The van der Waals surface area contributed by atoms with Crippen molar-refractivity contribution < 1.29 is 17.6 Å². The normalized spacial score (nSPS) is 11.5. The topological polar surface area (TPSA) is 12.0 Å². The van der Waals surface area contributed by atoms with E-state index in [9.17, 15) is 17.6 Å². The van der Waals surface area contributed by atoms with Gasteiger partial charge in [-0.05, 0) is 58.2 Å². The van der Waals surface area contributed by atoms with Gasteiger partial charge in [-0.25, -0.2) is 4.39 Å². The van der Waals surface area contributed by atoms with Gasteiger partial charge in [-0.3, -0.25) is 0 Å². The zero-order valence-corrected chi connectivity index (χ0v) is 12.6. The van der Waals surface area contributed by atoms with Gasteiger partial charge in [0, 0.05) is 12.2 Å². The molecule has 0 amide bonds. The monoisotopic (exact) mass is 361 g/mol. The van der Waals surface area contributed by atoms with E-state index in [0.717, 1.165) is 23.4 Å². The Labute approximate surface area is 128 Å². The van der Waals surface area contributed by atoms with Crippen LogP contribution in [0, 0.1) is 12.7 Å². The van der Waals surface area contributed by atoms with Crippen molar-refractivity contribution in [1.29, 1.82) is 0 Å². The van der Waals surface area contributed by atoms with E-state index in [1.165, 1.54) is 18.2 Å². The van der Waals surface area contributed by atoms with Gasteiger partial charge in [0.05, 0.1) is 10.0 Å². The Morgan fingerprint density at radius 1 is 1.10 bits per heavy atom. The minimum atomic E-state index is -4.33. The summed E-state index contributed by atoms with van der Waals surface area (Å²) in [6.07, 6.45) is -4.33. The summed E-state index contributed by atoms with van der Waals surface area (Å²) in [6.45, 7) is 2.11. The van der Waals surface area contributed by atoms with Gasteiger partial charge >= 0.3 is 6.18 Å². The molecule has 112 valence electrons. The maximum absolute atomic E-state index is 13.3. The molecule has 21 heavy (non-hydrogen) atoms. The molecule has 1 N–H and O–H groups in total. The van der Waals surface area contributed by atoms with E-state index in [2.05, 4.69) is 21.2 Å². The standard InChI is InChI=1S/C15H12BrF4N/c1-9-6-13(17)12(16)7-14(9)21-8-10-2-4-11(5-3-10)15(18,19)20/h2-7,21H,8H2,1H3. The molecular weight excluding hydrogens is 350 g/mol. The Hall–Kier alpha value is -1.56. The van der Waals surface area contributed by atoms with Crippen molar-refractivity contribution in [2.45, 2.75) is 19.6 Å². The van der Waals surface area contributed by atoms with Gasteiger partial charge in [0.1, 0.15) is 5.82 Å². The van der Waals surface area contributed by atoms with Crippen LogP contribution in [-0.2, 0) is 12.7 Å². The van der Waals surface area contributed by atoms with Crippen LogP contribution in [0.15, 0.2) is 40.9 Å². The minimum Gasteiger partial charge on any atom is -0.381 e. The van der Waals surface area contributed by atoms with Gasteiger partial charge in [0.15, 0.2) is 0 Å². The average Bonchev–Trinajstić information content (AvgIpc) is 2.41. The number of nitrogens with one attached hydrogen (secondary N) is 1. The summed E-state index contributed by atoms with van der Waals surface area (Å²) in [4.78, 5) is 0. The number of benzene rings is 2. The Kier molecular flexibility index (Phi) is 4.56. The van der Waals surface area contributed by atoms with Crippen molar-refractivity contribution in [3.05, 3.63) is 63.4 Å². The molecule has 0 aliphatic rings. The van der Waals surface area contributed by atoms with Crippen LogP contribution in [0.3, 0.4) is 0 Å². The highest BCUT2D eigenvalue weighted by Gasteiger charge is 2.29. The van der Waals surface area contributed by atoms with E-state index in [1.807, 2.05) is 0 Å². The first kappa shape index (κ1) is 15.8. The lowest BCUT2D eigenvalue weighted by molar-refractivity contribution is -0.137. The zero-order chi connectivity index (χ0) is 15.6. The van der Waals surface area contributed by atoms with Crippen molar-refractivity contribution in [3.63, 3.8) is 0 Å². The van der Waals surface area contributed by atoms with Crippen molar-refractivity contribution >= 4 is 21.6 Å². The maximum Gasteiger partial charge on any atom is 0.416 e. The van der Waals surface area contributed by atoms with Crippen molar-refractivity contribution in [2.24, 2.45) is 0 Å². The molecule has 2 aromatic rings. The highest BCUT2D eigenvalue weighted by molar-refractivity contribution is 9.10. The van der Waals surface area contributed by atoms with Crippen LogP contribution in [0.1, 0.15) is 16.7 Å². The Balaban J connectivity index is 2.08.